The van der Waals surface area contributed by atoms with E-state index in [1.165, 1.54) is 7.05 Å². The average molecular weight is 439 g/mol. The molecule has 0 saturated heterocycles. The molecule has 1 fully saturated rings. The van der Waals surface area contributed by atoms with Crippen LogP contribution in [0, 0.1) is 5.92 Å². The summed E-state index contributed by atoms with van der Waals surface area (Å²) in [5.74, 6) is 0.810. The number of hydrogen-bond donors (Lipinski definition) is 1. The predicted octanol–water partition coefficient (Wildman–Crippen LogP) is 3.74. The SMILES string of the molecule is COc1ccc(C(NC(=O)CN(C)S(=O)(=O)c2ccc3ccccc3c2)C2CC2)cc1. The number of ether oxygens (including phenoxy) is 1. The molecule has 0 radical (unpaired) electrons. The lowest BCUT2D eigenvalue weighted by atomic mass is 10.0. The van der Waals surface area contributed by atoms with Crippen molar-refractivity contribution in [2.24, 2.45) is 5.92 Å². The monoisotopic (exact) mass is 438 g/mol. The molecular formula is C24H26N2O4S. The fraction of sp³-hybridized carbons (Fsp3) is 0.292. The first kappa shape index (κ1) is 21.3. The van der Waals surface area contributed by atoms with Crippen LogP contribution >= 0.6 is 0 Å². The summed E-state index contributed by atoms with van der Waals surface area (Å²) in [4.78, 5) is 12.9. The first-order chi connectivity index (χ1) is 14.9. The summed E-state index contributed by atoms with van der Waals surface area (Å²) in [6.07, 6.45) is 2.09. The van der Waals surface area contributed by atoms with Crippen LogP contribution in [0.4, 0.5) is 0 Å². The van der Waals surface area contributed by atoms with E-state index in [4.69, 9.17) is 4.74 Å². The molecule has 1 aliphatic carbocycles. The van der Waals surface area contributed by atoms with Crippen molar-refractivity contribution >= 4 is 26.7 Å². The number of sulfonamides is 1. The van der Waals surface area contributed by atoms with Crippen molar-refractivity contribution in [2.75, 3.05) is 20.7 Å². The molecule has 7 heteroatoms. The summed E-state index contributed by atoms with van der Waals surface area (Å²) in [5.41, 5.74) is 0.997. The number of rotatable bonds is 8. The zero-order chi connectivity index (χ0) is 22.0. The normalized spacial score (nSPS) is 15.1. The fourth-order valence-electron chi connectivity index (χ4n) is 3.73. The van der Waals surface area contributed by atoms with Crippen LogP contribution in [0.1, 0.15) is 24.4 Å². The van der Waals surface area contributed by atoms with Gasteiger partial charge in [-0.15, -0.1) is 0 Å². The van der Waals surface area contributed by atoms with E-state index in [1.54, 1.807) is 25.3 Å². The Bertz CT molecular complexity index is 1190. The maximum Gasteiger partial charge on any atom is 0.243 e. The van der Waals surface area contributed by atoms with Gasteiger partial charge in [-0.3, -0.25) is 4.79 Å². The maximum atomic E-state index is 13.0. The summed E-state index contributed by atoms with van der Waals surface area (Å²) < 4.78 is 32.3. The minimum absolute atomic E-state index is 0.129. The van der Waals surface area contributed by atoms with Gasteiger partial charge >= 0.3 is 0 Å². The summed E-state index contributed by atoms with van der Waals surface area (Å²) in [6.45, 7) is -0.242. The first-order valence-electron chi connectivity index (χ1n) is 10.3. The summed E-state index contributed by atoms with van der Waals surface area (Å²) in [6, 6.07) is 20.1. The van der Waals surface area contributed by atoms with Crippen molar-refractivity contribution in [3.63, 3.8) is 0 Å². The van der Waals surface area contributed by atoms with Crippen LogP contribution in [0.5, 0.6) is 5.75 Å². The van der Waals surface area contributed by atoms with Gasteiger partial charge in [0.15, 0.2) is 0 Å². The number of carbonyl (C=O) groups excluding carboxylic acids is 1. The minimum Gasteiger partial charge on any atom is -0.497 e. The summed E-state index contributed by atoms with van der Waals surface area (Å²) in [5, 5.41) is 4.84. The molecule has 1 atom stereocenters. The molecule has 31 heavy (non-hydrogen) atoms. The number of methoxy groups -OCH3 is 1. The third kappa shape index (κ3) is 4.73. The van der Waals surface area contributed by atoms with Crippen LogP contribution in [0.3, 0.4) is 0 Å². The smallest absolute Gasteiger partial charge is 0.243 e. The molecule has 0 aliphatic heterocycles. The zero-order valence-electron chi connectivity index (χ0n) is 17.6. The van der Waals surface area contributed by atoms with Crippen molar-refractivity contribution in [3.8, 4) is 5.75 Å². The van der Waals surface area contributed by atoms with E-state index in [0.29, 0.717) is 5.92 Å². The maximum absolute atomic E-state index is 13.0. The summed E-state index contributed by atoms with van der Waals surface area (Å²) >= 11 is 0. The first-order valence-corrected chi connectivity index (χ1v) is 11.7. The fourth-order valence-corrected chi connectivity index (χ4v) is 4.89. The highest BCUT2D eigenvalue weighted by atomic mass is 32.2. The second-order valence-electron chi connectivity index (χ2n) is 7.93. The molecule has 1 amide bonds. The van der Waals surface area contributed by atoms with E-state index in [9.17, 15) is 13.2 Å². The highest BCUT2D eigenvalue weighted by Crippen LogP contribution is 2.41. The van der Waals surface area contributed by atoms with Gasteiger partial charge in [0.2, 0.25) is 15.9 Å². The lowest BCUT2D eigenvalue weighted by Gasteiger charge is -2.22. The van der Waals surface area contributed by atoms with E-state index < -0.39 is 10.0 Å². The molecular weight excluding hydrogens is 412 g/mol. The number of nitrogens with one attached hydrogen (secondary N) is 1. The van der Waals surface area contributed by atoms with Crippen molar-refractivity contribution in [3.05, 3.63) is 72.3 Å². The van der Waals surface area contributed by atoms with Crippen molar-refractivity contribution in [1.29, 1.82) is 0 Å². The largest absolute Gasteiger partial charge is 0.497 e. The Labute approximate surface area is 182 Å². The highest BCUT2D eigenvalue weighted by molar-refractivity contribution is 7.89. The van der Waals surface area contributed by atoms with Crippen molar-refractivity contribution in [2.45, 2.75) is 23.8 Å². The molecule has 162 valence electrons. The van der Waals surface area contributed by atoms with E-state index in [1.807, 2.05) is 48.5 Å². The number of hydrogen-bond acceptors (Lipinski definition) is 4. The number of likely N-dealkylation sites (N-methyl/N-ethyl adjacent to an activating group) is 1. The molecule has 1 saturated carbocycles. The van der Waals surface area contributed by atoms with E-state index in [0.717, 1.165) is 39.2 Å². The third-order valence-electron chi connectivity index (χ3n) is 5.68. The molecule has 0 aromatic heterocycles. The quantitative estimate of drug-likeness (QED) is 0.581. The van der Waals surface area contributed by atoms with Gasteiger partial charge in [-0.25, -0.2) is 8.42 Å². The number of fused-ring (bicyclic) bond motifs is 1. The zero-order valence-corrected chi connectivity index (χ0v) is 18.4. The van der Waals surface area contributed by atoms with Gasteiger partial charge in [0.1, 0.15) is 5.75 Å². The Balaban J connectivity index is 1.47. The third-order valence-corrected chi connectivity index (χ3v) is 7.48. The van der Waals surface area contributed by atoms with Crippen LogP contribution in [0.15, 0.2) is 71.6 Å². The molecule has 0 spiro atoms. The Kier molecular flexibility index (Phi) is 5.98. The second-order valence-corrected chi connectivity index (χ2v) is 9.97. The van der Waals surface area contributed by atoms with Gasteiger partial charge in [-0.1, -0.05) is 42.5 Å². The lowest BCUT2D eigenvalue weighted by molar-refractivity contribution is -0.122. The van der Waals surface area contributed by atoms with Gasteiger partial charge < -0.3 is 10.1 Å². The van der Waals surface area contributed by atoms with E-state index >= 15 is 0 Å². The number of nitrogens with zero attached hydrogens (tertiary/aromatic N) is 1. The number of benzene rings is 3. The molecule has 3 aromatic carbocycles. The van der Waals surface area contributed by atoms with Gasteiger partial charge in [0.05, 0.1) is 24.6 Å². The Morgan fingerprint density at radius 3 is 2.39 bits per heavy atom. The molecule has 1 N–H and O–H groups in total. The minimum atomic E-state index is -3.78. The lowest BCUT2D eigenvalue weighted by Crippen LogP contribution is -2.40. The van der Waals surface area contributed by atoms with Crippen LogP contribution in [0.2, 0.25) is 0 Å². The average Bonchev–Trinajstić information content (AvgIpc) is 3.62. The Morgan fingerprint density at radius 1 is 1.06 bits per heavy atom. The van der Waals surface area contributed by atoms with Crippen LogP contribution in [0.25, 0.3) is 10.8 Å². The molecule has 6 nitrogen and oxygen atoms in total. The molecule has 3 aromatic rings. The van der Waals surface area contributed by atoms with Gasteiger partial charge in [-0.05, 0) is 59.4 Å². The number of amides is 1. The Hall–Kier alpha value is -2.90. The van der Waals surface area contributed by atoms with Gasteiger partial charge in [0, 0.05) is 7.05 Å². The summed E-state index contributed by atoms with van der Waals surface area (Å²) in [7, 11) is -0.737. The second kappa shape index (κ2) is 8.69. The topological polar surface area (TPSA) is 75.7 Å². The highest BCUT2D eigenvalue weighted by Gasteiger charge is 2.34. The number of carbonyl (C=O) groups is 1. The molecule has 0 bridgehead atoms. The van der Waals surface area contributed by atoms with Crippen LogP contribution in [-0.4, -0.2) is 39.3 Å². The van der Waals surface area contributed by atoms with Crippen LogP contribution < -0.4 is 10.1 Å². The van der Waals surface area contributed by atoms with E-state index in [-0.39, 0.29) is 23.4 Å². The molecule has 1 aliphatic rings. The van der Waals surface area contributed by atoms with Crippen molar-refractivity contribution < 1.29 is 17.9 Å². The van der Waals surface area contributed by atoms with Crippen molar-refractivity contribution in [1.82, 2.24) is 9.62 Å². The molecule has 1 unspecified atom stereocenters. The molecule has 4 rings (SSSR count). The Morgan fingerprint density at radius 2 is 1.74 bits per heavy atom. The predicted molar refractivity (Wildman–Crippen MR) is 120 cm³/mol. The standard InChI is InChI=1S/C24H26N2O4S/c1-26(31(28,29)22-14-11-17-5-3-4-6-20(17)15-22)16-23(27)25-24(18-7-8-18)19-9-12-21(30-2)13-10-19/h3-6,9-15,18,24H,7-8,16H2,1-2H3,(H,25,27). The molecule has 0 heterocycles. The van der Waals surface area contributed by atoms with E-state index in [2.05, 4.69) is 5.32 Å². The van der Waals surface area contributed by atoms with Gasteiger partial charge in [-0.2, -0.15) is 4.31 Å². The van der Waals surface area contributed by atoms with Crippen LogP contribution in [-0.2, 0) is 14.8 Å². The van der Waals surface area contributed by atoms with Gasteiger partial charge in [0.25, 0.3) is 0 Å².